The predicted molar refractivity (Wildman–Crippen MR) is 83.0 cm³/mol. The molecule has 2 heteroatoms. The van der Waals surface area contributed by atoms with Crippen LogP contribution in [0.3, 0.4) is 0 Å². The molecule has 3 unspecified atom stereocenters. The monoisotopic (exact) mass is 273 g/mol. The third-order valence-electron chi connectivity index (χ3n) is 4.91. The van der Waals surface area contributed by atoms with Crippen molar-refractivity contribution in [3.8, 4) is 0 Å². The highest BCUT2D eigenvalue weighted by Crippen LogP contribution is 2.38. The molecule has 0 amide bonds. The minimum atomic E-state index is 0.335. The summed E-state index contributed by atoms with van der Waals surface area (Å²) < 4.78 is 6.11. The second-order valence-electron chi connectivity index (χ2n) is 6.40. The van der Waals surface area contributed by atoms with Gasteiger partial charge < -0.3 is 10.1 Å². The summed E-state index contributed by atoms with van der Waals surface area (Å²) in [5, 5.41) is 3.64. The summed E-state index contributed by atoms with van der Waals surface area (Å²) in [4.78, 5) is 0. The molecular weight excluding hydrogens is 246 g/mol. The van der Waals surface area contributed by atoms with E-state index in [0.717, 1.165) is 12.5 Å². The second kappa shape index (κ2) is 6.28. The average molecular weight is 273 g/mol. The van der Waals surface area contributed by atoms with E-state index in [9.17, 15) is 0 Å². The molecule has 2 nitrogen and oxygen atoms in total. The predicted octanol–water partition coefficient (Wildman–Crippen LogP) is 4.17. The summed E-state index contributed by atoms with van der Waals surface area (Å²) in [6.07, 6.45) is 7.24. The Kier molecular flexibility index (Phi) is 4.42. The zero-order valence-corrected chi connectivity index (χ0v) is 12.8. The Morgan fingerprint density at radius 2 is 2.10 bits per heavy atom. The fourth-order valence-electron chi connectivity index (χ4n) is 3.51. The van der Waals surface area contributed by atoms with E-state index in [1.54, 1.807) is 0 Å². The Morgan fingerprint density at radius 1 is 1.25 bits per heavy atom. The minimum Gasteiger partial charge on any atom is -0.373 e. The van der Waals surface area contributed by atoms with Gasteiger partial charge in [-0.1, -0.05) is 37.6 Å². The SMILES string of the molecule is CCNC(c1cccc(C2CCC2)c1)C1CCC(C)O1. The number of hydrogen-bond donors (Lipinski definition) is 1. The second-order valence-corrected chi connectivity index (χ2v) is 6.40. The number of hydrogen-bond acceptors (Lipinski definition) is 2. The van der Waals surface area contributed by atoms with Crippen molar-refractivity contribution in [1.29, 1.82) is 0 Å². The van der Waals surface area contributed by atoms with E-state index in [2.05, 4.69) is 43.4 Å². The van der Waals surface area contributed by atoms with Crippen LogP contribution in [0.25, 0.3) is 0 Å². The first-order chi connectivity index (χ1) is 9.78. The van der Waals surface area contributed by atoms with Gasteiger partial charge in [-0.25, -0.2) is 0 Å². The van der Waals surface area contributed by atoms with E-state index in [-0.39, 0.29) is 0 Å². The first-order valence-electron chi connectivity index (χ1n) is 8.26. The van der Waals surface area contributed by atoms with Gasteiger partial charge in [-0.05, 0) is 56.2 Å². The first kappa shape index (κ1) is 14.1. The van der Waals surface area contributed by atoms with Gasteiger partial charge in [-0.15, -0.1) is 0 Å². The number of benzene rings is 1. The van der Waals surface area contributed by atoms with E-state index in [4.69, 9.17) is 4.74 Å². The lowest BCUT2D eigenvalue weighted by molar-refractivity contribution is 0.0319. The molecular formula is C18H27NO. The van der Waals surface area contributed by atoms with E-state index in [0.29, 0.717) is 18.2 Å². The van der Waals surface area contributed by atoms with Crippen molar-refractivity contribution in [2.45, 2.75) is 70.1 Å². The van der Waals surface area contributed by atoms with Crippen molar-refractivity contribution in [3.05, 3.63) is 35.4 Å². The summed E-state index contributed by atoms with van der Waals surface area (Å²) in [6, 6.07) is 9.57. The van der Waals surface area contributed by atoms with Gasteiger partial charge in [-0.3, -0.25) is 0 Å². The van der Waals surface area contributed by atoms with Gasteiger partial charge in [0, 0.05) is 0 Å². The molecule has 1 aromatic carbocycles. The zero-order chi connectivity index (χ0) is 13.9. The third-order valence-corrected chi connectivity index (χ3v) is 4.91. The van der Waals surface area contributed by atoms with Crippen molar-refractivity contribution in [2.24, 2.45) is 0 Å². The van der Waals surface area contributed by atoms with Crippen LogP contribution in [0.4, 0.5) is 0 Å². The van der Waals surface area contributed by atoms with Crippen molar-refractivity contribution < 1.29 is 4.74 Å². The fourth-order valence-corrected chi connectivity index (χ4v) is 3.51. The Balaban J connectivity index is 1.79. The average Bonchev–Trinajstić information content (AvgIpc) is 2.81. The highest BCUT2D eigenvalue weighted by molar-refractivity contribution is 5.30. The molecule has 3 atom stereocenters. The molecule has 1 aromatic rings. The minimum absolute atomic E-state index is 0.335. The van der Waals surface area contributed by atoms with Gasteiger partial charge in [-0.2, -0.15) is 0 Å². The molecule has 0 bridgehead atoms. The molecule has 3 rings (SSSR count). The van der Waals surface area contributed by atoms with Crippen LogP contribution in [0, 0.1) is 0 Å². The topological polar surface area (TPSA) is 21.3 Å². The van der Waals surface area contributed by atoms with E-state index in [1.807, 2.05) is 0 Å². The molecule has 0 aromatic heterocycles. The zero-order valence-electron chi connectivity index (χ0n) is 12.8. The molecule has 0 radical (unpaired) electrons. The van der Waals surface area contributed by atoms with Crippen molar-refractivity contribution in [1.82, 2.24) is 5.32 Å². The Labute approximate surface area is 122 Å². The Hall–Kier alpha value is -0.860. The van der Waals surface area contributed by atoms with Crippen LogP contribution >= 0.6 is 0 Å². The van der Waals surface area contributed by atoms with Crippen molar-refractivity contribution in [2.75, 3.05) is 6.54 Å². The standard InChI is InChI=1S/C18H27NO/c1-3-19-18(17-11-10-13(2)20-17)16-9-5-8-15(12-16)14-6-4-7-14/h5,8-9,12-14,17-19H,3-4,6-7,10-11H2,1-2H3. The largest absolute Gasteiger partial charge is 0.373 e. The summed E-state index contributed by atoms with van der Waals surface area (Å²) in [5.74, 6) is 0.806. The van der Waals surface area contributed by atoms with E-state index < -0.39 is 0 Å². The lowest BCUT2D eigenvalue weighted by Crippen LogP contribution is -2.32. The lowest BCUT2D eigenvalue weighted by atomic mass is 9.79. The van der Waals surface area contributed by atoms with Crippen molar-refractivity contribution >= 4 is 0 Å². The highest BCUT2D eigenvalue weighted by Gasteiger charge is 2.30. The molecule has 1 saturated carbocycles. The van der Waals surface area contributed by atoms with Crippen LogP contribution in [0.2, 0.25) is 0 Å². The van der Waals surface area contributed by atoms with Gasteiger partial charge in [0.15, 0.2) is 0 Å². The summed E-state index contributed by atoms with van der Waals surface area (Å²) >= 11 is 0. The van der Waals surface area contributed by atoms with Gasteiger partial charge in [0.05, 0.1) is 18.2 Å². The molecule has 1 aliphatic carbocycles. The smallest absolute Gasteiger partial charge is 0.0774 e. The quantitative estimate of drug-likeness (QED) is 0.869. The van der Waals surface area contributed by atoms with Crippen LogP contribution in [-0.4, -0.2) is 18.8 Å². The Bertz CT molecular complexity index is 441. The normalized spacial score (nSPS) is 28.3. The maximum Gasteiger partial charge on any atom is 0.0774 e. The molecule has 1 saturated heterocycles. The molecule has 20 heavy (non-hydrogen) atoms. The molecule has 1 N–H and O–H groups in total. The van der Waals surface area contributed by atoms with Gasteiger partial charge in [0.1, 0.15) is 0 Å². The lowest BCUT2D eigenvalue weighted by Gasteiger charge is -2.29. The van der Waals surface area contributed by atoms with Gasteiger partial charge in [0.25, 0.3) is 0 Å². The third kappa shape index (κ3) is 2.91. The van der Waals surface area contributed by atoms with Crippen LogP contribution in [0.1, 0.15) is 69.0 Å². The Morgan fingerprint density at radius 3 is 2.70 bits per heavy atom. The van der Waals surface area contributed by atoms with Crippen molar-refractivity contribution in [3.63, 3.8) is 0 Å². The molecule has 0 spiro atoms. The molecule has 2 aliphatic rings. The molecule has 1 aliphatic heterocycles. The number of likely N-dealkylation sites (N-methyl/N-ethyl adjacent to an activating group) is 1. The van der Waals surface area contributed by atoms with Crippen LogP contribution in [-0.2, 0) is 4.74 Å². The number of nitrogens with one attached hydrogen (secondary N) is 1. The highest BCUT2D eigenvalue weighted by atomic mass is 16.5. The number of ether oxygens (including phenoxy) is 1. The summed E-state index contributed by atoms with van der Waals surface area (Å²) in [5.41, 5.74) is 2.94. The van der Waals surface area contributed by atoms with Crippen LogP contribution in [0.15, 0.2) is 24.3 Å². The van der Waals surface area contributed by atoms with E-state index in [1.165, 1.54) is 43.2 Å². The van der Waals surface area contributed by atoms with Crippen LogP contribution < -0.4 is 5.32 Å². The fraction of sp³-hybridized carbons (Fsp3) is 0.667. The van der Waals surface area contributed by atoms with Crippen LogP contribution in [0.5, 0.6) is 0 Å². The van der Waals surface area contributed by atoms with Gasteiger partial charge >= 0.3 is 0 Å². The maximum atomic E-state index is 6.11. The summed E-state index contributed by atoms with van der Waals surface area (Å²) in [6.45, 7) is 5.36. The molecule has 2 fully saturated rings. The first-order valence-corrected chi connectivity index (χ1v) is 8.26. The molecule has 1 heterocycles. The molecule has 110 valence electrons. The number of rotatable bonds is 5. The van der Waals surface area contributed by atoms with Gasteiger partial charge in [0.2, 0.25) is 0 Å². The van der Waals surface area contributed by atoms with E-state index >= 15 is 0 Å². The summed E-state index contributed by atoms with van der Waals surface area (Å²) in [7, 11) is 0. The maximum absolute atomic E-state index is 6.11.